The molecule has 0 spiro atoms. The van der Waals surface area contributed by atoms with Gasteiger partial charge in [0.25, 0.3) is 0 Å². The third-order valence-corrected chi connectivity index (χ3v) is 6.60. The molecule has 2 N–H and O–H groups in total. The first-order valence-electron chi connectivity index (χ1n) is 6.35. The minimum atomic E-state index is -4.09. The van der Waals surface area contributed by atoms with Gasteiger partial charge in [0.15, 0.2) is 0 Å². The Kier molecular flexibility index (Phi) is 4.66. The van der Waals surface area contributed by atoms with Crippen molar-refractivity contribution in [3.05, 3.63) is 29.6 Å². The van der Waals surface area contributed by atoms with E-state index in [4.69, 9.17) is 5.11 Å². The van der Waals surface area contributed by atoms with Crippen LogP contribution < -0.4 is 4.72 Å². The monoisotopic (exact) mass is 337 g/mol. The molecule has 0 aliphatic carbocycles. The van der Waals surface area contributed by atoms with E-state index >= 15 is 0 Å². The molecule has 9 heteroatoms. The Morgan fingerprint density at radius 1 is 1.29 bits per heavy atom. The van der Waals surface area contributed by atoms with Gasteiger partial charge < -0.3 is 5.11 Å². The summed E-state index contributed by atoms with van der Waals surface area (Å²) in [6, 6.07) is 2.81. The standard InChI is InChI=1S/C12H16FNO5S2/c13-11-2-1-9(8-15)7-12(11)21(18,19)14-10-3-5-20(16,17)6-4-10/h1-2,7,10,14-15H,3-6,8H2. The van der Waals surface area contributed by atoms with E-state index in [1.807, 2.05) is 0 Å². The van der Waals surface area contributed by atoms with Crippen molar-refractivity contribution in [1.29, 1.82) is 0 Å². The predicted molar refractivity (Wildman–Crippen MR) is 74.3 cm³/mol. The summed E-state index contributed by atoms with van der Waals surface area (Å²) in [5.74, 6) is -1.08. The van der Waals surface area contributed by atoms with E-state index in [9.17, 15) is 21.2 Å². The van der Waals surface area contributed by atoms with Crippen LogP contribution in [0.25, 0.3) is 0 Å². The minimum Gasteiger partial charge on any atom is -0.392 e. The van der Waals surface area contributed by atoms with Gasteiger partial charge in [0.2, 0.25) is 10.0 Å². The van der Waals surface area contributed by atoms with Crippen LogP contribution >= 0.6 is 0 Å². The van der Waals surface area contributed by atoms with E-state index in [1.54, 1.807) is 0 Å². The quantitative estimate of drug-likeness (QED) is 0.816. The van der Waals surface area contributed by atoms with Crippen molar-refractivity contribution in [3.8, 4) is 0 Å². The highest BCUT2D eigenvalue weighted by atomic mass is 32.2. The summed E-state index contributed by atoms with van der Waals surface area (Å²) < 4.78 is 63.0. The number of benzene rings is 1. The molecule has 118 valence electrons. The Morgan fingerprint density at radius 3 is 2.48 bits per heavy atom. The lowest BCUT2D eigenvalue weighted by Gasteiger charge is -2.23. The van der Waals surface area contributed by atoms with E-state index < -0.39 is 43.2 Å². The molecule has 0 atom stereocenters. The largest absolute Gasteiger partial charge is 0.392 e. The van der Waals surface area contributed by atoms with Crippen molar-refractivity contribution < 1.29 is 26.3 Å². The van der Waals surface area contributed by atoms with Crippen molar-refractivity contribution in [2.75, 3.05) is 11.5 Å². The van der Waals surface area contributed by atoms with Gasteiger partial charge in [-0.3, -0.25) is 0 Å². The molecule has 0 bridgehead atoms. The van der Waals surface area contributed by atoms with E-state index in [-0.39, 0.29) is 29.9 Å². The summed E-state index contributed by atoms with van der Waals surface area (Å²) in [4.78, 5) is -0.539. The molecule has 1 aliphatic rings. The highest BCUT2D eigenvalue weighted by Gasteiger charge is 2.29. The molecule has 1 heterocycles. The van der Waals surface area contributed by atoms with Crippen LogP contribution in [0, 0.1) is 5.82 Å². The molecule has 0 amide bonds. The van der Waals surface area contributed by atoms with Crippen LogP contribution in [0.3, 0.4) is 0 Å². The lowest BCUT2D eigenvalue weighted by atomic mass is 10.2. The average molecular weight is 337 g/mol. The topological polar surface area (TPSA) is 101 Å². The molecule has 0 saturated carbocycles. The highest BCUT2D eigenvalue weighted by Crippen LogP contribution is 2.19. The number of hydrogen-bond acceptors (Lipinski definition) is 5. The van der Waals surface area contributed by atoms with Crippen LogP contribution in [0.1, 0.15) is 18.4 Å². The van der Waals surface area contributed by atoms with Crippen LogP contribution in [-0.2, 0) is 26.5 Å². The van der Waals surface area contributed by atoms with Crippen molar-refractivity contribution >= 4 is 19.9 Å². The fourth-order valence-corrected chi connectivity index (χ4v) is 5.07. The zero-order chi connectivity index (χ0) is 15.7. The second kappa shape index (κ2) is 5.99. The molecule has 21 heavy (non-hydrogen) atoms. The highest BCUT2D eigenvalue weighted by molar-refractivity contribution is 7.91. The lowest BCUT2D eigenvalue weighted by Crippen LogP contribution is -2.41. The van der Waals surface area contributed by atoms with Crippen LogP contribution in [0.2, 0.25) is 0 Å². The number of aliphatic hydroxyl groups excluding tert-OH is 1. The molecule has 0 unspecified atom stereocenters. The molecule has 2 rings (SSSR count). The first-order valence-corrected chi connectivity index (χ1v) is 9.66. The summed E-state index contributed by atoms with van der Waals surface area (Å²) >= 11 is 0. The van der Waals surface area contributed by atoms with Crippen molar-refractivity contribution in [2.24, 2.45) is 0 Å². The smallest absolute Gasteiger partial charge is 0.243 e. The number of aliphatic hydroxyl groups is 1. The Balaban J connectivity index is 2.19. The number of rotatable bonds is 4. The SMILES string of the molecule is O=S1(=O)CCC(NS(=O)(=O)c2cc(CO)ccc2F)CC1. The fraction of sp³-hybridized carbons (Fsp3) is 0.500. The van der Waals surface area contributed by atoms with Gasteiger partial charge in [-0.2, -0.15) is 0 Å². The third-order valence-electron chi connectivity index (χ3n) is 3.34. The summed E-state index contributed by atoms with van der Waals surface area (Å²) in [5.41, 5.74) is 0.281. The molecular weight excluding hydrogens is 321 g/mol. The van der Waals surface area contributed by atoms with Gasteiger partial charge in [-0.05, 0) is 30.5 Å². The third kappa shape index (κ3) is 4.00. The van der Waals surface area contributed by atoms with Gasteiger partial charge in [0, 0.05) is 6.04 Å². The maximum absolute atomic E-state index is 13.7. The van der Waals surface area contributed by atoms with Gasteiger partial charge in [-0.25, -0.2) is 25.9 Å². The van der Waals surface area contributed by atoms with Gasteiger partial charge in [-0.1, -0.05) is 6.07 Å². The van der Waals surface area contributed by atoms with Crippen LogP contribution in [0.4, 0.5) is 4.39 Å². The van der Waals surface area contributed by atoms with Crippen molar-refractivity contribution in [1.82, 2.24) is 4.72 Å². The number of sulfone groups is 1. The maximum Gasteiger partial charge on any atom is 0.243 e. The van der Waals surface area contributed by atoms with Crippen molar-refractivity contribution in [3.63, 3.8) is 0 Å². The first-order chi connectivity index (χ1) is 9.73. The zero-order valence-electron chi connectivity index (χ0n) is 11.1. The molecule has 0 aromatic heterocycles. The second-order valence-corrected chi connectivity index (χ2v) is 8.96. The lowest BCUT2D eigenvalue weighted by molar-refractivity contribution is 0.281. The molecule has 1 fully saturated rings. The minimum absolute atomic E-state index is 0.0840. The molecular formula is C12H16FNO5S2. The summed E-state index contributed by atoms with van der Waals surface area (Å²) in [6.07, 6.45) is 0.339. The number of sulfonamides is 1. The second-order valence-electron chi connectivity index (χ2n) is 4.97. The maximum atomic E-state index is 13.7. The van der Waals surface area contributed by atoms with Crippen LogP contribution in [-0.4, -0.2) is 39.5 Å². The number of halogens is 1. The van der Waals surface area contributed by atoms with E-state index in [2.05, 4.69) is 4.72 Å². The van der Waals surface area contributed by atoms with Crippen molar-refractivity contribution in [2.45, 2.75) is 30.4 Å². The van der Waals surface area contributed by atoms with Crippen LogP contribution in [0.15, 0.2) is 23.1 Å². The Bertz CT molecular complexity index is 716. The number of hydrogen-bond donors (Lipinski definition) is 2. The molecule has 6 nitrogen and oxygen atoms in total. The summed E-state index contributed by atoms with van der Waals surface area (Å²) in [5, 5.41) is 8.99. The Hall–Kier alpha value is -1.03. The Morgan fingerprint density at radius 2 is 1.90 bits per heavy atom. The van der Waals surface area contributed by atoms with Gasteiger partial charge in [0.05, 0.1) is 18.1 Å². The summed E-state index contributed by atoms with van der Waals surface area (Å²) in [7, 11) is -7.19. The van der Waals surface area contributed by atoms with E-state index in [1.165, 1.54) is 6.07 Å². The van der Waals surface area contributed by atoms with E-state index in [0.717, 1.165) is 12.1 Å². The zero-order valence-corrected chi connectivity index (χ0v) is 12.8. The van der Waals surface area contributed by atoms with Crippen LogP contribution in [0.5, 0.6) is 0 Å². The summed E-state index contributed by atoms with van der Waals surface area (Å²) in [6.45, 7) is -0.398. The Labute approximate surface area is 123 Å². The van der Waals surface area contributed by atoms with E-state index in [0.29, 0.717) is 0 Å². The molecule has 1 aromatic rings. The first kappa shape index (κ1) is 16.3. The fourth-order valence-electron chi connectivity index (χ4n) is 2.14. The normalized spacial score (nSPS) is 19.5. The van der Waals surface area contributed by atoms with Gasteiger partial charge >= 0.3 is 0 Å². The van der Waals surface area contributed by atoms with Gasteiger partial charge in [-0.15, -0.1) is 0 Å². The van der Waals surface area contributed by atoms with Gasteiger partial charge in [0.1, 0.15) is 20.5 Å². The predicted octanol–water partition coefficient (Wildman–Crippen LogP) is 0.173. The molecule has 1 aliphatic heterocycles. The molecule has 0 radical (unpaired) electrons. The average Bonchev–Trinajstić information content (AvgIpc) is 2.41. The molecule has 1 aromatic carbocycles. The number of nitrogens with one attached hydrogen (secondary N) is 1. The molecule has 1 saturated heterocycles.